The summed E-state index contributed by atoms with van der Waals surface area (Å²) in [5, 5.41) is 3.43. The second-order valence-corrected chi connectivity index (χ2v) is 7.87. The van der Waals surface area contributed by atoms with Gasteiger partial charge >= 0.3 is 0 Å². The van der Waals surface area contributed by atoms with Crippen molar-refractivity contribution in [2.45, 2.75) is 25.9 Å². The fourth-order valence-corrected chi connectivity index (χ4v) is 4.11. The number of amides is 1. The zero-order valence-corrected chi connectivity index (χ0v) is 18.8. The first-order chi connectivity index (χ1) is 15.0. The zero-order chi connectivity index (χ0) is 22.4. The van der Waals surface area contributed by atoms with E-state index in [0.29, 0.717) is 66.9 Å². The Hall–Kier alpha value is -2.51. The van der Waals surface area contributed by atoms with Crippen LogP contribution < -0.4 is 19.5 Å². The lowest BCUT2D eigenvalue weighted by Gasteiger charge is -2.31. The molecule has 1 aliphatic heterocycles. The Labute approximate surface area is 187 Å². The summed E-state index contributed by atoms with van der Waals surface area (Å²) < 4.78 is 30.2. The van der Waals surface area contributed by atoms with Gasteiger partial charge in [0.05, 0.1) is 21.3 Å². The number of ether oxygens (including phenoxy) is 3. The van der Waals surface area contributed by atoms with E-state index in [2.05, 4.69) is 10.2 Å². The third kappa shape index (κ3) is 5.40. The van der Waals surface area contributed by atoms with Crippen LogP contribution in [0.4, 0.5) is 4.39 Å². The summed E-state index contributed by atoms with van der Waals surface area (Å²) >= 11 is 6.13. The number of hydrogen-bond acceptors (Lipinski definition) is 5. The van der Waals surface area contributed by atoms with Crippen LogP contribution in [0.2, 0.25) is 5.02 Å². The van der Waals surface area contributed by atoms with Crippen LogP contribution in [0, 0.1) is 11.7 Å². The molecule has 168 valence electrons. The van der Waals surface area contributed by atoms with Gasteiger partial charge in [0.15, 0.2) is 11.5 Å². The van der Waals surface area contributed by atoms with Gasteiger partial charge in [0.25, 0.3) is 0 Å². The molecule has 31 heavy (non-hydrogen) atoms. The molecular weight excluding hydrogens is 423 g/mol. The molecule has 0 spiro atoms. The van der Waals surface area contributed by atoms with Gasteiger partial charge < -0.3 is 19.5 Å². The molecular formula is C23H28ClFN2O4. The molecule has 1 N–H and O–H groups in total. The quantitative estimate of drug-likeness (QED) is 0.658. The van der Waals surface area contributed by atoms with E-state index in [9.17, 15) is 9.18 Å². The first-order valence-corrected chi connectivity index (χ1v) is 10.6. The Morgan fingerprint density at radius 1 is 1.10 bits per heavy atom. The maximum Gasteiger partial charge on any atom is 0.223 e. The summed E-state index contributed by atoms with van der Waals surface area (Å²) in [6.07, 6.45) is 1.42. The third-order valence-corrected chi connectivity index (χ3v) is 5.99. The molecule has 1 heterocycles. The second kappa shape index (κ2) is 10.7. The number of methoxy groups -OCH3 is 3. The number of likely N-dealkylation sites (tertiary alicyclic amines) is 1. The molecule has 1 amide bonds. The second-order valence-electron chi connectivity index (χ2n) is 7.46. The lowest BCUT2D eigenvalue weighted by atomic mass is 9.95. The number of carbonyl (C=O) groups excluding carboxylic acids is 1. The van der Waals surface area contributed by atoms with Crippen molar-refractivity contribution in [3.05, 3.63) is 52.3 Å². The average Bonchev–Trinajstić information content (AvgIpc) is 2.79. The predicted octanol–water partition coefficient (Wildman–Crippen LogP) is 4.03. The highest BCUT2D eigenvalue weighted by atomic mass is 35.5. The monoisotopic (exact) mass is 450 g/mol. The van der Waals surface area contributed by atoms with Crippen LogP contribution >= 0.6 is 11.6 Å². The Morgan fingerprint density at radius 3 is 2.42 bits per heavy atom. The van der Waals surface area contributed by atoms with Crippen LogP contribution in [0.25, 0.3) is 0 Å². The molecule has 0 aliphatic carbocycles. The van der Waals surface area contributed by atoms with Crippen LogP contribution in [0.3, 0.4) is 0 Å². The number of piperidine rings is 1. The van der Waals surface area contributed by atoms with Crippen molar-refractivity contribution in [1.29, 1.82) is 0 Å². The molecule has 1 saturated heterocycles. The van der Waals surface area contributed by atoms with E-state index in [1.807, 2.05) is 6.07 Å². The standard InChI is InChI=1S/C23H28ClFN2O4/c1-29-20-8-7-16(21(30-2)22(20)31-3)13-26-23(28)15-9-11-27(12-10-15)14-17-18(24)5-4-6-19(17)25/h4-8,15H,9-14H2,1-3H3,(H,26,28). The zero-order valence-electron chi connectivity index (χ0n) is 18.0. The van der Waals surface area contributed by atoms with Crippen LogP contribution in [-0.4, -0.2) is 45.2 Å². The number of benzene rings is 2. The van der Waals surface area contributed by atoms with Crippen LogP contribution in [0.1, 0.15) is 24.0 Å². The highest BCUT2D eigenvalue weighted by Gasteiger charge is 2.26. The van der Waals surface area contributed by atoms with Gasteiger partial charge in [-0.1, -0.05) is 17.7 Å². The fraction of sp³-hybridized carbons (Fsp3) is 0.435. The van der Waals surface area contributed by atoms with E-state index in [1.54, 1.807) is 39.5 Å². The summed E-state index contributed by atoms with van der Waals surface area (Å²) in [5.41, 5.74) is 1.31. The summed E-state index contributed by atoms with van der Waals surface area (Å²) in [7, 11) is 4.66. The highest BCUT2D eigenvalue weighted by Crippen LogP contribution is 2.39. The molecule has 0 saturated carbocycles. The number of nitrogens with zero attached hydrogens (tertiary/aromatic N) is 1. The van der Waals surface area contributed by atoms with Crippen molar-refractivity contribution in [3.8, 4) is 17.2 Å². The van der Waals surface area contributed by atoms with Gasteiger partial charge in [0.2, 0.25) is 11.7 Å². The predicted molar refractivity (Wildman–Crippen MR) is 117 cm³/mol. The minimum Gasteiger partial charge on any atom is -0.493 e. The Bertz CT molecular complexity index is 896. The van der Waals surface area contributed by atoms with E-state index < -0.39 is 0 Å². The van der Waals surface area contributed by atoms with Crippen molar-refractivity contribution >= 4 is 17.5 Å². The molecule has 0 atom stereocenters. The Balaban J connectivity index is 1.55. The molecule has 0 bridgehead atoms. The molecule has 2 aromatic rings. The molecule has 1 aliphatic rings. The molecule has 0 radical (unpaired) electrons. The van der Waals surface area contributed by atoms with E-state index in [4.69, 9.17) is 25.8 Å². The normalized spacial score (nSPS) is 14.9. The van der Waals surface area contributed by atoms with E-state index in [0.717, 1.165) is 5.56 Å². The first-order valence-electron chi connectivity index (χ1n) is 10.2. The van der Waals surface area contributed by atoms with Crippen molar-refractivity contribution in [2.75, 3.05) is 34.4 Å². The van der Waals surface area contributed by atoms with Gasteiger partial charge in [-0.15, -0.1) is 0 Å². The van der Waals surface area contributed by atoms with Crippen LogP contribution in [0.15, 0.2) is 30.3 Å². The molecule has 6 nitrogen and oxygen atoms in total. The Morgan fingerprint density at radius 2 is 1.81 bits per heavy atom. The number of nitrogens with one attached hydrogen (secondary N) is 1. The summed E-state index contributed by atoms with van der Waals surface area (Å²) in [5.74, 6) is 1.22. The lowest BCUT2D eigenvalue weighted by Crippen LogP contribution is -2.40. The number of carbonyl (C=O) groups is 1. The summed E-state index contributed by atoms with van der Waals surface area (Å²) in [4.78, 5) is 14.8. The van der Waals surface area contributed by atoms with Gasteiger partial charge in [0, 0.05) is 35.2 Å². The maximum absolute atomic E-state index is 14.0. The van der Waals surface area contributed by atoms with Gasteiger partial charge in [-0.05, 0) is 50.2 Å². The van der Waals surface area contributed by atoms with Gasteiger partial charge in [-0.3, -0.25) is 9.69 Å². The molecule has 0 aromatic heterocycles. The molecule has 8 heteroatoms. The van der Waals surface area contributed by atoms with Gasteiger partial charge in [-0.25, -0.2) is 4.39 Å². The number of halogens is 2. The Kier molecular flexibility index (Phi) is 7.98. The largest absolute Gasteiger partial charge is 0.493 e. The van der Waals surface area contributed by atoms with E-state index in [1.165, 1.54) is 6.07 Å². The average molecular weight is 451 g/mol. The van der Waals surface area contributed by atoms with Crippen molar-refractivity contribution in [1.82, 2.24) is 10.2 Å². The van der Waals surface area contributed by atoms with Gasteiger partial charge in [-0.2, -0.15) is 0 Å². The minimum absolute atomic E-state index is 0.000382. The van der Waals surface area contributed by atoms with E-state index >= 15 is 0 Å². The van der Waals surface area contributed by atoms with Crippen molar-refractivity contribution < 1.29 is 23.4 Å². The summed E-state index contributed by atoms with van der Waals surface area (Å²) in [6.45, 7) is 2.20. The van der Waals surface area contributed by atoms with Gasteiger partial charge in [0.1, 0.15) is 5.82 Å². The third-order valence-electron chi connectivity index (χ3n) is 5.64. The van der Waals surface area contributed by atoms with Crippen LogP contribution in [0.5, 0.6) is 17.2 Å². The minimum atomic E-state index is -0.295. The number of hydrogen-bond donors (Lipinski definition) is 1. The SMILES string of the molecule is COc1ccc(CNC(=O)C2CCN(Cc3c(F)cccc3Cl)CC2)c(OC)c1OC. The molecule has 2 aromatic carbocycles. The van der Waals surface area contributed by atoms with Crippen molar-refractivity contribution in [2.24, 2.45) is 5.92 Å². The van der Waals surface area contributed by atoms with E-state index in [-0.39, 0.29) is 17.6 Å². The molecule has 1 fully saturated rings. The number of rotatable bonds is 8. The van der Waals surface area contributed by atoms with Crippen LogP contribution in [-0.2, 0) is 17.9 Å². The smallest absolute Gasteiger partial charge is 0.223 e. The first kappa shape index (κ1) is 23.2. The molecule has 3 rings (SSSR count). The van der Waals surface area contributed by atoms with Crippen molar-refractivity contribution in [3.63, 3.8) is 0 Å². The molecule has 0 unspecified atom stereocenters. The lowest BCUT2D eigenvalue weighted by molar-refractivity contribution is -0.126. The fourth-order valence-electron chi connectivity index (χ4n) is 3.89. The topological polar surface area (TPSA) is 60.0 Å². The maximum atomic E-state index is 14.0. The summed E-state index contributed by atoms with van der Waals surface area (Å²) in [6, 6.07) is 8.36. The highest BCUT2D eigenvalue weighted by molar-refractivity contribution is 6.31.